The SMILES string of the molecule is Cc1[nH]c2ccccc2c1CC(=O)OCC(=O)N/C(C=N)=C/Nc1ccccc1. The van der Waals surface area contributed by atoms with Crippen LogP contribution in [0.4, 0.5) is 5.69 Å². The van der Waals surface area contributed by atoms with Gasteiger partial charge in [0.2, 0.25) is 0 Å². The molecule has 0 saturated carbocycles. The summed E-state index contributed by atoms with van der Waals surface area (Å²) < 4.78 is 5.10. The normalized spacial score (nSPS) is 11.1. The molecule has 3 aromatic rings. The smallest absolute Gasteiger partial charge is 0.310 e. The fourth-order valence-electron chi connectivity index (χ4n) is 2.91. The van der Waals surface area contributed by atoms with Crippen LogP contribution in [0.25, 0.3) is 10.9 Å². The number of aromatic amines is 1. The van der Waals surface area contributed by atoms with E-state index in [1.807, 2.05) is 61.5 Å². The Morgan fingerprint density at radius 3 is 2.59 bits per heavy atom. The van der Waals surface area contributed by atoms with Gasteiger partial charge < -0.3 is 25.8 Å². The maximum Gasteiger partial charge on any atom is 0.310 e. The minimum Gasteiger partial charge on any atom is -0.455 e. The van der Waals surface area contributed by atoms with Crippen molar-refractivity contribution in [2.45, 2.75) is 13.3 Å². The molecule has 0 spiro atoms. The van der Waals surface area contributed by atoms with Crippen molar-refractivity contribution in [3.8, 4) is 0 Å². The molecule has 0 aliphatic carbocycles. The molecule has 0 fully saturated rings. The minimum absolute atomic E-state index is 0.0754. The lowest BCUT2D eigenvalue weighted by Crippen LogP contribution is -2.29. The molecule has 0 atom stereocenters. The number of carbonyl (C=O) groups is 2. The molecule has 0 radical (unpaired) electrons. The first-order chi connectivity index (χ1) is 14.1. The summed E-state index contributed by atoms with van der Waals surface area (Å²) in [5.41, 5.74) is 3.79. The second-order valence-electron chi connectivity index (χ2n) is 6.41. The van der Waals surface area contributed by atoms with E-state index in [4.69, 9.17) is 10.1 Å². The number of hydrogen-bond donors (Lipinski definition) is 4. The molecule has 1 aromatic heterocycles. The van der Waals surface area contributed by atoms with Gasteiger partial charge in [-0.3, -0.25) is 9.59 Å². The summed E-state index contributed by atoms with van der Waals surface area (Å²) in [4.78, 5) is 27.5. The maximum atomic E-state index is 12.2. The van der Waals surface area contributed by atoms with E-state index in [1.54, 1.807) is 0 Å². The van der Waals surface area contributed by atoms with Gasteiger partial charge in [0.05, 0.1) is 12.1 Å². The number of anilines is 1. The molecule has 2 aromatic carbocycles. The number of para-hydroxylation sites is 2. The Balaban J connectivity index is 1.52. The number of ether oxygens (including phenoxy) is 1. The summed E-state index contributed by atoms with van der Waals surface area (Å²) >= 11 is 0. The van der Waals surface area contributed by atoms with Crippen LogP contribution in [0.5, 0.6) is 0 Å². The Hall–Kier alpha value is -3.87. The first-order valence-corrected chi connectivity index (χ1v) is 9.10. The summed E-state index contributed by atoms with van der Waals surface area (Å²) in [5, 5.41) is 13.9. The van der Waals surface area contributed by atoms with Gasteiger partial charge in [-0.2, -0.15) is 0 Å². The van der Waals surface area contributed by atoms with Gasteiger partial charge in [-0.05, 0) is 30.7 Å². The summed E-state index contributed by atoms with van der Waals surface area (Å²) in [6.07, 6.45) is 2.58. The predicted molar refractivity (Wildman–Crippen MR) is 113 cm³/mol. The lowest BCUT2D eigenvalue weighted by Gasteiger charge is -2.08. The highest BCUT2D eigenvalue weighted by Crippen LogP contribution is 2.22. The average Bonchev–Trinajstić information content (AvgIpc) is 3.05. The number of H-pyrrole nitrogens is 1. The van der Waals surface area contributed by atoms with Crippen molar-refractivity contribution >= 4 is 34.7 Å². The van der Waals surface area contributed by atoms with Gasteiger partial charge in [0.15, 0.2) is 6.61 Å². The Kier molecular flexibility index (Phi) is 6.42. The zero-order valence-corrected chi connectivity index (χ0v) is 16.0. The van der Waals surface area contributed by atoms with Crippen LogP contribution in [-0.2, 0) is 20.7 Å². The fourth-order valence-corrected chi connectivity index (χ4v) is 2.91. The highest BCUT2D eigenvalue weighted by molar-refractivity contribution is 5.91. The van der Waals surface area contributed by atoms with Gasteiger partial charge in [0, 0.05) is 34.7 Å². The second kappa shape index (κ2) is 9.36. The number of nitrogens with one attached hydrogen (secondary N) is 4. The van der Waals surface area contributed by atoms with Crippen LogP contribution in [0.1, 0.15) is 11.3 Å². The second-order valence-corrected chi connectivity index (χ2v) is 6.41. The van der Waals surface area contributed by atoms with Crippen LogP contribution in [0.15, 0.2) is 66.5 Å². The molecular formula is C22H22N4O3. The van der Waals surface area contributed by atoms with Crippen molar-refractivity contribution in [3.05, 3.63) is 77.8 Å². The standard InChI is InChI=1S/C22H22N4O3/c1-15-19(18-9-5-6-10-20(18)25-15)11-22(28)29-14-21(27)26-17(12-23)13-24-16-7-3-2-4-8-16/h2-10,12-13,23-25H,11,14H2,1H3,(H,26,27)/b17-13+,23-12?. The van der Waals surface area contributed by atoms with E-state index in [9.17, 15) is 9.59 Å². The van der Waals surface area contributed by atoms with E-state index in [0.717, 1.165) is 34.1 Å². The van der Waals surface area contributed by atoms with Crippen LogP contribution in [0.3, 0.4) is 0 Å². The molecule has 0 saturated heterocycles. The maximum absolute atomic E-state index is 12.2. The van der Waals surface area contributed by atoms with Crippen molar-refractivity contribution in [2.24, 2.45) is 0 Å². The van der Waals surface area contributed by atoms with E-state index in [-0.39, 0.29) is 12.1 Å². The Morgan fingerprint density at radius 1 is 1.10 bits per heavy atom. The molecule has 1 amide bonds. The molecule has 29 heavy (non-hydrogen) atoms. The van der Waals surface area contributed by atoms with Gasteiger partial charge in [0.1, 0.15) is 0 Å². The fraction of sp³-hybridized carbons (Fsp3) is 0.136. The number of aryl methyl sites for hydroxylation is 1. The quantitative estimate of drug-likeness (QED) is 0.350. The third-order valence-electron chi connectivity index (χ3n) is 4.32. The van der Waals surface area contributed by atoms with Gasteiger partial charge >= 0.3 is 5.97 Å². The zero-order valence-electron chi connectivity index (χ0n) is 16.0. The lowest BCUT2D eigenvalue weighted by molar-refractivity contribution is -0.147. The van der Waals surface area contributed by atoms with Crippen LogP contribution in [0.2, 0.25) is 0 Å². The van der Waals surface area contributed by atoms with Gasteiger partial charge in [-0.1, -0.05) is 36.4 Å². The molecule has 0 unspecified atom stereocenters. The summed E-state index contributed by atoms with van der Waals surface area (Å²) in [6, 6.07) is 17.1. The van der Waals surface area contributed by atoms with Crippen molar-refractivity contribution in [1.82, 2.24) is 10.3 Å². The van der Waals surface area contributed by atoms with Crippen molar-refractivity contribution < 1.29 is 14.3 Å². The topological polar surface area (TPSA) is 107 Å². The van der Waals surface area contributed by atoms with Crippen molar-refractivity contribution in [2.75, 3.05) is 11.9 Å². The van der Waals surface area contributed by atoms with E-state index in [0.29, 0.717) is 0 Å². The largest absolute Gasteiger partial charge is 0.455 e. The molecule has 0 aliphatic heterocycles. The number of allylic oxidation sites excluding steroid dienone is 1. The predicted octanol–water partition coefficient (Wildman–Crippen LogP) is 3.28. The van der Waals surface area contributed by atoms with E-state index < -0.39 is 18.5 Å². The van der Waals surface area contributed by atoms with Gasteiger partial charge in [-0.15, -0.1) is 0 Å². The van der Waals surface area contributed by atoms with Crippen LogP contribution in [0, 0.1) is 12.3 Å². The molecule has 4 N–H and O–H groups in total. The number of aromatic nitrogens is 1. The van der Waals surface area contributed by atoms with Crippen molar-refractivity contribution in [1.29, 1.82) is 5.41 Å². The lowest BCUT2D eigenvalue weighted by atomic mass is 10.1. The Bertz CT molecular complexity index is 1050. The monoisotopic (exact) mass is 390 g/mol. The number of benzene rings is 2. The van der Waals surface area contributed by atoms with E-state index in [2.05, 4.69) is 15.6 Å². The molecule has 7 heteroatoms. The minimum atomic E-state index is -0.515. The highest BCUT2D eigenvalue weighted by Gasteiger charge is 2.14. The number of rotatable bonds is 8. The summed E-state index contributed by atoms with van der Waals surface area (Å²) in [6.45, 7) is 1.48. The third-order valence-corrected chi connectivity index (χ3v) is 4.32. The highest BCUT2D eigenvalue weighted by atomic mass is 16.5. The van der Waals surface area contributed by atoms with Crippen molar-refractivity contribution in [3.63, 3.8) is 0 Å². The number of fused-ring (bicyclic) bond motifs is 1. The molecule has 3 rings (SSSR count). The molecular weight excluding hydrogens is 368 g/mol. The number of esters is 1. The number of carbonyl (C=O) groups excluding carboxylic acids is 2. The Morgan fingerprint density at radius 2 is 1.83 bits per heavy atom. The summed E-state index contributed by atoms with van der Waals surface area (Å²) in [5.74, 6) is -1.01. The first-order valence-electron chi connectivity index (χ1n) is 9.10. The van der Waals surface area contributed by atoms with E-state index >= 15 is 0 Å². The third kappa shape index (κ3) is 5.32. The zero-order chi connectivity index (χ0) is 20.6. The number of hydrogen-bond acceptors (Lipinski definition) is 5. The molecule has 148 valence electrons. The molecule has 7 nitrogen and oxygen atoms in total. The van der Waals surface area contributed by atoms with Crippen LogP contribution >= 0.6 is 0 Å². The molecule has 0 bridgehead atoms. The molecule has 0 aliphatic rings. The van der Waals surface area contributed by atoms with Gasteiger partial charge in [-0.25, -0.2) is 0 Å². The first kappa shape index (κ1) is 19.9. The summed E-state index contributed by atoms with van der Waals surface area (Å²) in [7, 11) is 0. The van der Waals surface area contributed by atoms with Crippen LogP contribution in [-0.4, -0.2) is 29.7 Å². The van der Waals surface area contributed by atoms with E-state index in [1.165, 1.54) is 6.20 Å². The van der Waals surface area contributed by atoms with Gasteiger partial charge in [0.25, 0.3) is 5.91 Å². The average molecular weight is 390 g/mol. The van der Waals surface area contributed by atoms with Crippen LogP contribution < -0.4 is 10.6 Å². The number of amides is 1. The Labute approximate surface area is 168 Å². The molecule has 1 heterocycles.